The van der Waals surface area contributed by atoms with Crippen molar-refractivity contribution in [1.82, 2.24) is 10.2 Å². The lowest BCUT2D eigenvalue weighted by atomic mass is 9.90. The maximum Gasteiger partial charge on any atom is 0.250 e. The number of carbonyl (C=O) groups is 1. The van der Waals surface area contributed by atoms with Gasteiger partial charge in [-0.25, -0.2) is 4.39 Å². The van der Waals surface area contributed by atoms with Gasteiger partial charge in [0, 0.05) is 17.6 Å². The lowest BCUT2D eigenvalue weighted by Gasteiger charge is -2.18. The fraction of sp³-hybridized carbons (Fsp3) is 0.353. The number of hydrogen-bond donors (Lipinski definition) is 1. The highest BCUT2D eigenvalue weighted by molar-refractivity contribution is 7.15. The first-order valence-electron chi connectivity index (χ1n) is 7.79. The Morgan fingerprint density at radius 2 is 2.00 bits per heavy atom. The van der Waals surface area contributed by atoms with Crippen molar-refractivity contribution in [3.63, 3.8) is 0 Å². The average Bonchev–Trinajstić information content (AvgIpc) is 3.03. The van der Waals surface area contributed by atoms with Gasteiger partial charge in [0.2, 0.25) is 11.0 Å². The zero-order valence-corrected chi connectivity index (χ0v) is 13.5. The fourth-order valence-corrected chi connectivity index (χ4v) is 3.64. The second kappa shape index (κ2) is 7.46. The lowest BCUT2D eigenvalue weighted by molar-refractivity contribution is -0.111. The highest BCUT2D eigenvalue weighted by Crippen LogP contribution is 2.35. The van der Waals surface area contributed by atoms with Gasteiger partial charge in [0.1, 0.15) is 10.8 Å². The molecule has 1 amide bonds. The SMILES string of the molecule is O=C(/C=C/c1ccccc1F)Nc1nnc(C2CCCCC2)s1. The van der Waals surface area contributed by atoms with Crippen LogP contribution in [0.2, 0.25) is 0 Å². The third-order valence-electron chi connectivity index (χ3n) is 3.94. The van der Waals surface area contributed by atoms with Crippen molar-refractivity contribution in [3.8, 4) is 0 Å². The van der Waals surface area contributed by atoms with Crippen molar-refractivity contribution in [1.29, 1.82) is 0 Å². The van der Waals surface area contributed by atoms with E-state index in [2.05, 4.69) is 15.5 Å². The number of nitrogens with zero attached hydrogens (tertiary/aromatic N) is 2. The Labute approximate surface area is 138 Å². The van der Waals surface area contributed by atoms with Gasteiger partial charge in [-0.05, 0) is 25.0 Å². The van der Waals surface area contributed by atoms with Crippen molar-refractivity contribution in [2.75, 3.05) is 5.32 Å². The predicted molar refractivity (Wildman–Crippen MR) is 89.8 cm³/mol. The molecule has 0 saturated heterocycles. The van der Waals surface area contributed by atoms with Gasteiger partial charge >= 0.3 is 0 Å². The monoisotopic (exact) mass is 331 g/mol. The van der Waals surface area contributed by atoms with Gasteiger partial charge < -0.3 is 0 Å². The molecule has 0 spiro atoms. The van der Waals surface area contributed by atoms with E-state index in [9.17, 15) is 9.18 Å². The van der Waals surface area contributed by atoms with Crippen molar-refractivity contribution in [2.45, 2.75) is 38.0 Å². The minimum absolute atomic E-state index is 0.334. The van der Waals surface area contributed by atoms with Crippen LogP contribution in [0.25, 0.3) is 6.08 Å². The van der Waals surface area contributed by atoms with Gasteiger partial charge in [-0.3, -0.25) is 10.1 Å². The second-order valence-corrected chi connectivity index (χ2v) is 6.63. The van der Waals surface area contributed by atoms with Crippen LogP contribution in [0.5, 0.6) is 0 Å². The smallest absolute Gasteiger partial charge is 0.250 e. The number of amides is 1. The fourth-order valence-electron chi connectivity index (χ4n) is 2.72. The van der Waals surface area contributed by atoms with E-state index >= 15 is 0 Å². The molecule has 2 aromatic rings. The number of nitrogens with one attached hydrogen (secondary N) is 1. The van der Waals surface area contributed by atoms with Crippen LogP contribution in [0.3, 0.4) is 0 Å². The lowest BCUT2D eigenvalue weighted by Crippen LogP contribution is -2.07. The van der Waals surface area contributed by atoms with Crippen LogP contribution in [-0.2, 0) is 4.79 Å². The molecule has 0 radical (unpaired) electrons. The Balaban J connectivity index is 1.60. The van der Waals surface area contributed by atoms with Crippen LogP contribution in [-0.4, -0.2) is 16.1 Å². The zero-order valence-electron chi connectivity index (χ0n) is 12.7. The Morgan fingerprint density at radius 1 is 1.22 bits per heavy atom. The van der Waals surface area contributed by atoms with Gasteiger partial charge in [-0.15, -0.1) is 10.2 Å². The summed E-state index contributed by atoms with van der Waals surface area (Å²) in [6.07, 6.45) is 8.81. The zero-order chi connectivity index (χ0) is 16.1. The molecule has 1 aromatic heterocycles. The van der Waals surface area contributed by atoms with Crippen LogP contribution in [0, 0.1) is 5.82 Å². The molecule has 1 aliphatic carbocycles. The van der Waals surface area contributed by atoms with Crippen LogP contribution in [0.1, 0.15) is 48.6 Å². The highest BCUT2D eigenvalue weighted by Gasteiger charge is 2.19. The normalized spacial score (nSPS) is 15.9. The van der Waals surface area contributed by atoms with Gasteiger partial charge in [-0.1, -0.05) is 48.8 Å². The molecule has 0 unspecified atom stereocenters. The van der Waals surface area contributed by atoms with Crippen molar-refractivity contribution in [3.05, 3.63) is 46.7 Å². The summed E-state index contributed by atoms with van der Waals surface area (Å²) in [5.41, 5.74) is 0.378. The molecule has 1 aromatic carbocycles. The summed E-state index contributed by atoms with van der Waals surface area (Å²) in [5, 5.41) is 12.4. The molecule has 23 heavy (non-hydrogen) atoms. The third-order valence-corrected chi connectivity index (χ3v) is 4.95. The summed E-state index contributed by atoms with van der Waals surface area (Å²) in [6, 6.07) is 6.31. The predicted octanol–water partition coefficient (Wildman–Crippen LogP) is 4.38. The van der Waals surface area contributed by atoms with Crippen LogP contribution in [0.15, 0.2) is 30.3 Å². The molecule has 0 bridgehead atoms. The molecule has 4 nitrogen and oxygen atoms in total. The minimum Gasteiger partial charge on any atom is -0.297 e. The van der Waals surface area contributed by atoms with Crippen LogP contribution < -0.4 is 5.32 Å². The topological polar surface area (TPSA) is 54.9 Å². The maximum absolute atomic E-state index is 13.5. The molecule has 0 aliphatic heterocycles. The molecule has 1 heterocycles. The number of rotatable bonds is 4. The van der Waals surface area contributed by atoms with Crippen LogP contribution >= 0.6 is 11.3 Å². The minimum atomic E-state index is -0.355. The second-order valence-electron chi connectivity index (χ2n) is 5.62. The summed E-state index contributed by atoms with van der Waals surface area (Å²) in [5.74, 6) is -0.215. The van der Waals surface area contributed by atoms with E-state index in [-0.39, 0.29) is 11.7 Å². The number of aromatic nitrogens is 2. The number of hydrogen-bond acceptors (Lipinski definition) is 4. The quantitative estimate of drug-likeness (QED) is 0.846. The summed E-state index contributed by atoms with van der Waals surface area (Å²) >= 11 is 1.43. The molecule has 1 aliphatic rings. The summed E-state index contributed by atoms with van der Waals surface area (Å²) in [4.78, 5) is 11.9. The van der Waals surface area contributed by atoms with Gasteiger partial charge in [0.25, 0.3) is 0 Å². The average molecular weight is 331 g/mol. The molecule has 6 heteroatoms. The highest BCUT2D eigenvalue weighted by atomic mass is 32.1. The largest absolute Gasteiger partial charge is 0.297 e. The number of anilines is 1. The van der Waals surface area contributed by atoms with Crippen molar-refractivity contribution in [2.24, 2.45) is 0 Å². The van der Waals surface area contributed by atoms with Crippen molar-refractivity contribution < 1.29 is 9.18 Å². The standard InChI is InChI=1S/C17H18FN3OS/c18-14-9-5-4-6-12(14)10-11-15(22)19-17-21-20-16(23-17)13-7-2-1-3-8-13/h4-6,9-11,13H,1-3,7-8H2,(H,19,21,22)/b11-10+. The summed E-state index contributed by atoms with van der Waals surface area (Å²) < 4.78 is 13.5. The Morgan fingerprint density at radius 3 is 2.78 bits per heavy atom. The maximum atomic E-state index is 13.5. The van der Waals surface area contributed by atoms with Gasteiger partial charge in [0.05, 0.1) is 0 Å². The molecular weight excluding hydrogens is 313 g/mol. The summed E-state index contributed by atoms with van der Waals surface area (Å²) in [6.45, 7) is 0. The van der Waals surface area contributed by atoms with E-state index < -0.39 is 0 Å². The Bertz CT molecular complexity index is 707. The molecule has 1 saturated carbocycles. The molecule has 1 N–H and O–H groups in total. The first-order valence-corrected chi connectivity index (χ1v) is 8.61. The Kier molecular flexibility index (Phi) is 5.12. The van der Waals surface area contributed by atoms with Crippen LogP contribution in [0.4, 0.5) is 9.52 Å². The molecule has 120 valence electrons. The van der Waals surface area contributed by atoms with E-state index in [1.54, 1.807) is 18.2 Å². The number of benzene rings is 1. The molecule has 3 rings (SSSR count). The van der Waals surface area contributed by atoms with E-state index in [1.807, 2.05) is 0 Å². The molecule has 1 fully saturated rings. The first kappa shape index (κ1) is 15.8. The first-order chi connectivity index (χ1) is 11.2. The van der Waals surface area contributed by atoms with Crippen molar-refractivity contribution >= 4 is 28.5 Å². The molecular formula is C17H18FN3OS. The number of halogens is 1. The van der Waals surface area contributed by atoms with Gasteiger partial charge in [0.15, 0.2) is 0 Å². The van der Waals surface area contributed by atoms with E-state index in [1.165, 1.54) is 48.8 Å². The third kappa shape index (κ3) is 4.22. The number of carbonyl (C=O) groups excluding carboxylic acids is 1. The summed E-state index contributed by atoms with van der Waals surface area (Å²) in [7, 11) is 0. The van der Waals surface area contributed by atoms with E-state index in [4.69, 9.17) is 0 Å². The Hall–Kier alpha value is -2.08. The van der Waals surface area contributed by atoms with E-state index in [0.717, 1.165) is 17.8 Å². The molecule has 0 atom stereocenters. The van der Waals surface area contributed by atoms with Gasteiger partial charge in [-0.2, -0.15) is 0 Å². The van der Waals surface area contributed by atoms with E-state index in [0.29, 0.717) is 16.6 Å².